The Morgan fingerprint density at radius 1 is 1.73 bits per heavy atom. The number of aromatic nitrogens is 2. The maximum absolute atomic E-state index is 8.32. The Morgan fingerprint density at radius 2 is 2.55 bits per heavy atom. The highest BCUT2D eigenvalue weighted by molar-refractivity contribution is 5.27. The lowest BCUT2D eigenvalue weighted by molar-refractivity contribution is 1.10. The number of hydrogen-bond acceptors (Lipinski definition) is 4. The Hall–Kier alpha value is -2.12. The van der Waals surface area contributed by atoms with E-state index in [-0.39, 0.29) is 11.6 Å². The molecule has 0 aliphatic heterocycles. The topological polar surface area (TPSA) is 98.3 Å². The van der Waals surface area contributed by atoms with Gasteiger partial charge in [-0.25, -0.2) is 9.97 Å². The first kappa shape index (κ1) is 6.99. The molecule has 0 fully saturated rings. The normalized spacial score (nSPS) is 7.91. The highest BCUT2D eigenvalue weighted by Crippen LogP contribution is 2.04. The molecule has 1 rings (SSSR count). The van der Waals surface area contributed by atoms with Crippen molar-refractivity contribution in [1.82, 2.24) is 9.97 Å². The molecule has 6 nitrogen and oxygen atoms in total. The van der Waals surface area contributed by atoms with E-state index in [4.69, 9.17) is 10.8 Å². The van der Waals surface area contributed by atoms with E-state index in [1.807, 2.05) is 0 Å². The Labute approximate surface area is 61.8 Å². The first-order chi connectivity index (χ1) is 5.36. The molecular formula is C5H2N6. The van der Waals surface area contributed by atoms with E-state index in [9.17, 15) is 0 Å². The number of rotatable bonds is 1. The Balaban J connectivity index is 3.12. The summed E-state index contributed by atoms with van der Waals surface area (Å²) >= 11 is 0. The highest BCUT2D eigenvalue weighted by Gasteiger charge is 1.92. The second-order valence-corrected chi connectivity index (χ2v) is 1.54. The molecule has 11 heavy (non-hydrogen) atoms. The molecule has 1 aromatic heterocycles. The third kappa shape index (κ3) is 1.64. The molecule has 1 aromatic rings. The SMILES string of the molecule is N#Cc1nccc(N=[N+]=[N-])n1. The molecule has 0 amide bonds. The Bertz CT molecular complexity index is 344. The van der Waals surface area contributed by atoms with Crippen LogP contribution >= 0.6 is 0 Å². The number of nitriles is 1. The first-order valence-corrected chi connectivity index (χ1v) is 2.65. The van der Waals surface area contributed by atoms with Gasteiger partial charge in [-0.2, -0.15) is 5.26 Å². The fourth-order valence-electron chi connectivity index (χ4n) is 0.505. The van der Waals surface area contributed by atoms with Crippen LogP contribution in [0.5, 0.6) is 0 Å². The predicted octanol–water partition coefficient (Wildman–Crippen LogP) is 1.29. The van der Waals surface area contributed by atoms with E-state index in [2.05, 4.69) is 20.0 Å². The van der Waals surface area contributed by atoms with Crippen LogP contribution in [0.3, 0.4) is 0 Å². The van der Waals surface area contributed by atoms with Gasteiger partial charge in [-0.15, -0.1) is 0 Å². The fraction of sp³-hybridized carbons (Fsp3) is 0. The van der Waals surface area contributed by atoms with E-state index >= 15 is 0 Å². The number of azide groups is 1. The summed E-state index contributed by atoms with van der Waals surface area (Å²) in [5.74, 6) is 0.147. The van der Waals surface area contributed by atoms with Gasteiger partial charge in [0.2, 0.25) is 5.82 Å². The molecule has 0 saturated carbocycles. The van der Waals surface area contributed by atoms with Crippen molar-refractivity contribution in [2.45, 2.75) is 0 Å². The van der Waals surface area contributed by atoms with Crippen LogP contribution in [-0.4, -0.2) is 9.97 Å². The van der Waals surface area contributed by atoms with Gasteiger partial charge in [0.05, 0.1) is 0 Å². The average molecular weight is 146 g/mol. The Morgan fingerprint density at radius 3 is 3.18 bits per heavy atom. The molecule has 0 radical (unpaired) electrons. The molecule has 0 saturated heterocycles. The van der Waals surface area contributed by atoms with E-state index in [0.29, 0.717) is 0 Å². The minimum absolute atomic E-state index is 0.00472. The van der Waals surface area contributed by atoms with Gasteiger partial charge in [-0.05, 0) is 16.7 Å². The fourth-order valence-corrected chi connectivity index (χ4v) is 0.505. The smallest absolute Gasteiger partial charge is 0.228 e. The zero-order chi connectivity index (χ0) is 8.10. The van der Waals surface area contributed by atoms with Crippen molar-refractivity contribution in [3.05, 3.63) is 28.5 Å². The minimum Gasteiger partial charge on any atom is -0.228 e. The monoisotopic (exact) mass is 146 g/mol. The van der Waals surface area contributed by atoms with Crippen molar-refractivity contribution in [3.63, 3.8) is 0 Å². The van der Waals surface area contributed by atoms with Crippen LogP contribution in [0.1, 0.15) is 5.82 Å². The molecular weight excluding hydrogens is 144 g/mol. The standard InChI is InChI=1S/C5H2N6/c6-3-5-8-2-1-4(9-5)10-11-7/h1-2H. The summed E-state index contributed by atoms with van der Waals surface area (Å²) in [6, 6.07) is 3.14. The van der Waals surface area contributed by atoms with Crippen LogP contribution in [0.25, 0.3) is 10.4 Å². The molecule has 0 aromatic carbocycles. The maximum Gasteiger partial charge on any atom is 0.232 e. The summed E-state index contributed by atoms with van der Waals surface area (Å²) in [6.07, 6.45) is 1.36. The van der Waals surface area contributed by atoms with E-state index in [0.717, 1.165) is 0 Å². The summed E-state index contributed by atoms with van der Waals surface area (Å²) in [4.78, 5) is 9.68. The van der Waals surface area contributed by atoms with Gasteiger partial charge < -0.3 is 0 Å². The summed E-state index contributed by atoms with van der Waals surface area (Å²) in [5, 5.41) is 11.5. The second kappa shape index (κ2) is 3.15. The van der Waals surface area contributed by atoms with Gasteiger partial charge in [0.25, 0.3) is 0 Å². The van der Waals surface area contributed by atoms with Crippen LogP contribution in [0.2, 0.25) is 0 Å². The third-order valence-corrected chi connectivity index (χ3v) is 0.888. The zero-order valence-corrected chi connectivity index (χ0v) is 5.34. The maximum atomic E-state index is 8.32. The van der Waals surface area contributed by atoms with Crippen molar-refractivity contribution < 1.29 is 0 Å². The van der Waals surface area contributed by atoms with Crippen LogP contribution in [-0.2, 0) is 0 Å². The van der Waals surface area contributed by atoms with Crippen molar-refractivity contribution in [2.24, 2.45) is 5.11 Å². The van der Waals surface area contributed by atoms with Crippen molar-refractivity contribution in [1.29, 1.82) is 5.26 Å². The molecule has 0 N–H and O–H groups in total. The lowest BCUT2D eigenvalue weighted by atomic mass is 10.5. The van der Waals surface area contributed by atoms with Gasteiger partial charge in [-0.1, -0.05) is 0 Å². The first-order valence-electron chi connectivity index (χ1n) is 2.65. The zero-order valence-electron chi connectivity index (χ0n) is 5.34. The minimum atomic E-state index is -0.00472. The lowest BCUT2D eigenvalue weighted by Gasteiger charge is -1.87. The molecule has 0 atom stereocenters. The molecule has 6 heteroatoms. The number of nitrogens with zero attached hydrogens (tertiary/aromatic N) is 6. The van der Waals surface area contributed by atoms with Crippen LogP contribution in [0, 0.1) is 11.3 Å². The van der Waals surface area contributed by atoms with E-state index < -0.39 is 0 Å². The molecule has 1 heterocycles. The van der Waals surface area contributed by atoms with Gasteiger partial charge >= 0.3 is 0 Å². The van der Waals surface area contributed by atoms with Crippen LogP contribution in [0.15, 0.2) is 17.4 Å². The summed E-state index contributed by atoms with van der Waals surface area (Å²) in [7, 11) is 0. The average Bonchev–Trinajstić information content (AvgIpc) is 2.06. The molecule has 52 valence electrons. The summed E-state index contributed by atoms with van der Waals surface area (Å²) < 4.78 is 0. The van der Waals surface area contributed by atoms with Gasteiger partial charge in [0, 0.05) is 11.1 Å². The molecule has 0 unspecified atom stereocenters. The second-order valence-electron chi connectivity index (χ2n) is 1.54. The molecule has 0 aliphatic carbocycles. The Kier molecular flexibility index (Phi) is 2.00. The molecule has 0 spiro atoms. The largest absolute Gasteiger partial charge is 0.232 e. The van der Waals surface area contributed by atoms with Crippen molar-refractivity contribution in [3.8, 4) is 6.07 Å². The number of hydrogen-bond donors (Lipinski definition) is 0. The summed E-state index contributed by atoms with van der Waals surface area (Å²) in [6.45, 7) is 0. The van der Waals surface area contributed by atoms with Crippen molar-refractivity contribution in [2.75, 3.05) is 0 Å². The van der Waals surface area contributed by atoms with Gasteiger partial charge in [0.15, 0.2) is 0 Å². The third-order valence-electron chi connectivity index (χ3n) is 0.888. The van der Waals surface area contributed by atoms with E-state index in [1.54, 1.807) is 6.07 Å². The molecule has 0 bridgehead atoms. The summed E-state index contributed by atoms with van der Waals surface area (Å²) in [5.41, 5.74) is 8.00. The lowest BCUT2D eigenvalue weighted by Crippen LogP contribution is -1.84. The van der Waals surface area contributed by atoms with Gasteiger partial charge in [0.1, 0.15) is 11.9 Å². The van der Waals surface area contributed by atoms with Crippen molar-refractivity contribution >= 4 is 5.82 Å². The van der Waals surface area contributed by atoms with Gasteiger partial charge in [-0.3, -0.25) is 0 Å². The quantitative estimate of drug-likeness (QED) is 0.339. The predicted molar refractivity (Wildman–Crippen MR) is 35.6 cm³/mol. The van der Waals surface area contributed by atoms with Crippen LogP contribution in [0.4, 0.5) is 5.82 Å². The van der Waals surface area contributed by atoms with Crippen LogP contribution < -0.4 is 0 Å². The molecule has 0 aliphatic rings. The van der Waals surface area contributed by atoms with E-state index in [1.165, 1.54) is 12.3 Å². The highest BCUT2D eigenvalue weighted by atomic mass is 15.2.